The SMILES string of the molecule is CC(C)OCCCn1c(=N)c(C(=O)N2CCC(Cc3ccccc3)CC2)cc2c(=O)n3ccccc3nc21. The van der Waals surface area contributed by atoms with Gasteiger partial charge in [-0.2, -0.15) is 0 Å². The van der Waals surface area contributed by atoms with Gasteiger partial charge in [0, 0.05) is 32.4 Å². The van der Waals surface area contributed by atoms with Crippen molar-refractivity contribution in [2.24, 2.45) is 5.92 Å². The number of carbonyl (C=O) groups is 1. The predicted octanol–water partition coefficient (Wildman–Crippen LogP) is 4.04. The Bertz CT molecular complexity index is 1550. The molecular weight excluding hydrogens is 478 g/mol. The minimum Gasteiger partial charge on any atom is -0.379 e. The molecule has 0 bridgehead atoms. The molecule has 1 N–H and O–H groups in total. The summed E-state index contributed by atoms with van der Waals surface area (Å²) in [6.07, 6.45) is 5.28. The summed E-state index contributed by atoms with van der Waals surface area (Å²) in [6.45, 7) is 6.20. The highest BCUT2D eigenvalue weighted by Crippen LogP contribution is 2.23. The molecule has 38 heavy (non-hydrogen) atoms. The van der Waals surface area contributed by atoms with Crippen molar-refractivity contribution in [1.82, 2.24) is 18.9 Å². The van der Waals surface area contributed by atoms with Crippen molar-refractivity contribution in [3.05, 3.63) is 87.8 Å². The number of amides is 1. The summed E-state index contributed by atoms with van der Waals surface area (Å²) in [5, 5.41) is 9.33. The second-order valence-corrected chi connectivity index (χ2v) is 10.3. The molecule has 3 aromatic heterocycles. The summed E-state index contributed by atoms with van der Waals surface area (Å²) in [4.78, 5) is 33.7. The minimum absolute atomic E-state index is 0.0886. The van der Waals surface area contributed by atoms with Crippen LogP contribution in [0.25, 0.3) is 16.7 Å². The third-order valence-corrected chi connectivity index (χ3v) is 7.29. The first-order valence-electron chi connectivity index (χ1n) is 13.5. The van der Waals surface area contributed by atoms with Crippen LogP contribution in [0.1, 0.15) is 49.0 Å². The van der Waals surface area contributed by atoms with Gasteiger partial charge in [-0.05, 0) is 69.2 Å². The number of ether oxygens (including phenoxy) is 1. The molecular formula is C30H35N5O3. The maximum absolute atomic E-state index is 13.7. The van der Waals surface area contributed by atoms with Crippen molar-refractivity contribution in [1.29, 1.82) is 5.41 Å². The van der Waals surface area contributed by atoms with Gasteiger partial charge in [0.25, 0.3) is 11.5 Å². The molecule has 8 nitrogen and oxygen atoms in total. The Hall–Kier alpha value is -3.78. The summed E-state index contributed by atoms with van der Waals surface area (Å²) in [6, 6.07) is 17.4. The maximum Gasteiger partial charge on any atom is 0.267 e. The maximum atomic E-state index is 13.7. The van der Waals surface area contributed by atoms with Crippen molar-refractivity contribution < 1.29 is 9.53 Å². The van der Waals surface area contributed by atoms with Gasteiger partial charge in [-0.1, -0.05) is 36.4 Å². The van der Waals surface area contributed by atoms with Crippen LogP contribution in [0.2, 0.25) is 0 Å². The van der Waals surface area contributed by atoms with E-state index in [0.717, 1.165) is 19.3 Å². The van der Waals surface area contributed by atoms with E-state index in [1.54, 1.807) is 29.0 Å². The monoisotopic (exact) mass is 513 g/mol. The van der Waals surface area contributed by atoms with Crippen molar-refractivity contribution in [2.45, 2.75) is 52.2 Å². The Morgan fingerprint density at radius 1 is 1.11 bits per heavy atom. The van der Waals surface area contributed by atoms with Crippen LogP contribution in [0.5, 0.6) is 0 Å². The normalized spacial score (nSPS) is 14.6. The number of aromatic nitrogens is 3. The average Bonchev–Trinajstić information content (AvgIpc) is 2.93. The molecule has 8 heteroatoms. The highest BCUT2D eigenvalue weighted by molar-refractivity contribution is 5.97. The molecule has 1 fully saturated rings. The Morgan fingerprint density at radius 2 is 1.84 bits per heavy atom. The molecule has 198 valence electrons. The van der Waals surface area contributed by atoms with Crippen LogP contribution in [0, 0.1) is 11.3 Å². The number of hydrogen-bond donors (Lipinski definition) is 1. The van der Waals surface area contributed by atoms with E-state index in [-0.39, 0.29) is 28.6 Å². The fraction of sp³-hybridized carbons (Fsp3) is 0.400. The second-order valence-electron chi connectivity index (χ2n) is 10.3. The Balaban J connectivity index is 1.45. The van der Waals surface area contributed by atoms with E-state index < -0.39 is 0 Å². The standard InChI is InChI=1S/C30H35N5O3/c1-21(2)38-18-8-15-35-27(31)24(20-25-28(35)32-26-11-6-7-14-34(26)30(25)37)29(36)33-16-12-23(13-17-33)19-22-9-4-3-5-10-22/h3-7,9-11,14,20-21,23,31H,8,12-13,15-19H2,1-2H3. The fourth-order valence-corrected chi connectivity index (χ4v) is 5.27. The van der Waals surface area contributed by atoms with Crippen LogP contribution in [0.15, 0.2) is 65.6 Å². The molecule has 0 saturated carbocycles. The van der Waals surface area contributed by atoms with E-state index in [4.69, 9.17) is 15.1 Å². The smallest absolute Gasteiger partial charge is 0.267 e. The number of aryl methyl sites for hydroxylation is 1. The molecule has 0 unspecified atom stereocenters. The summed E-state index contributed by atoms with van der Waals surface area (Å²) in [7, 11) is 0. The van der Waals surface area contributed by atoms with Gasteiger partial charge in [0.1, 0.15) is 16.8 Å². The van der Waals surface area contributed by atoms with Gasteiger partial charge in [0.2, 0.25) is 0 Å². The first-order chi connectivity index (χ1) is 18.4. The summed E-state index contributed by atoms with van der Waals surface area (Å²) in [5.41, 5.74) is 2.35. The zero-order chi connectivity index (χ0) is 26.6. The van der Waals surface area contributed by atoms with Crippen LogP contribution in [0.3, 0.4) is 0 Å². The highest BCUT2D eigenvalue weighted by Gasteiger charge is 2.26. The quantitative estimate of drug-likeness (QED) is 0.284. The third-order valence-electron chi connectivity index (χ3n) is 7.29. The molecule has 1 saturated heterocycles. The Labute approximate surface area is 222 Å². The van der Waals surface area contributed by atoms with Crippen LogP contribution < -0.4 is 11.0 Å². The summed E-state index contributed by atoms with van der Waals surface area (Å²) < 4.78 is 8.88. The Morgan fingerprint density at radius 3 is 2.58 bits per heavy atom. The highest BCUT2D eigenvalue weighted by atomic mass is 16.5. The molecule has 4 heterocycles. The molecule has 0 radical (unpaired) electrons. The molecule has 1 aliphatic heterocycles. The number of hydrogen-bond acceptors (Lipinski definition) is 5. The molecule has 5 rings (SSSR count). The molecule has 4 aromatic rings. The van der Waals surface area contributed by atoms with Gasteiger partial charge >= 0.3 is 0 Å². The number of benzene rings is 1. The number of nitrogens with one attached hydrogen (secondary N) is 1. The van der Waals surface area contributed by atoms with E-state index in [1.165, 1.54) is 9.96 Å². The van der Waals surface area contributed by atoms with E-state index in [1.807, 2.05) is 30.9 Å². The zero-order valence-electron chi connectivity index (χ0n) is 22.1. The van der Waals surface area contributed by atoms with Crippen molar-refractivity contribution in [2.75, 3.05) is 19.7 Å². The van der Waals surface area contributed by atoms with Gasteiger partial charge < -0.3 is 14.2 Å². The first kappa shape index (κ1) is 25.9. The van der Waals surface area contributed by atoms with E-state index in [0.29, 0.717) is 55.3 Å². The van der Waals surface area contributed by atoms with Crippen molar-refractivity contribution in [3.8, 4) is 0 Å². The number of carbonyl (C=O) groups excluding carboxylic acids is 1. The number of pyridine rings is 2. The lowest BCUT2D eigenvalue weighted by atomic mass is 9.90. The predicted molar refractivity (Wildman–Crippen MR) is 147 cm³/mol. The van der Waals surface area contributed by atoms with Crippen LogP contribution in [-0.4, -0.2) is 50.6 Å². The minimum atomic E-state index is -0.242. The summed E-state index contributed by atoms with van der Waals surface area (Å²) >= 11 is 0. The number of rotatable bonds is 8. The number of likely N-dealkylation sites (tertiary alicyclic amines) is 1. The van der Waals surface area contributed by atoms with Crippen LogP contribution >= 0.6 is 0 Å². The molecule has 0 atom stereocenters. The lowest BCUT2D eigenvalue weighted by Crippen LogP contribution is -2.42. The first-order valence-corrected chi connectivity index (χ1v) is 13.5. The van der Waals surface area contributed by atoms with Gasteiger partial charge in [-0.15, -0.1) is 0 Å². The van der Waals surface area contributed by atoms with E-state index in [2.05, 4.69) is 24.3 Å². The lowest BCUT2D eigenvalue weighted by molar-refractivity contribution is 0.0687. The molecule has 0 spiro atoms. The molecule has 0 aliphatic carbocycles. The van der Waals surface area contributed by atoms with E-state index in [9.17, 15) is 9.59 Å². The molecule has 1 amide bonds. The third kappa shape index (κ3) is 5.41. The van der Waals surface area contributed by atoms with Gasteiger partial charge in [-0.25, -0.2) is 4.98 Å². The number of piperidine rings is 1. The second kappa shape index (κ2) is 11.3. The number of fused-ring (bicyclic) bond motifs is 2. The average molecular weight is 514 g/mol. The zero-order valence-corrected chi connectivity index (χ0v) is 22.1. The topological polar surface area (TPSA) is 92.7 Å². The van der Waals surface area contributed by atoms with Gasteiger partial charge in [-0.3, -0.25) is 19.4 Å². The van der Waals surface area contributed by atoms with E-state index >= 15 is 0 Å². The number of nitrogens with zero attached hydrogens (tertiary/aromatic N) is 4. The van der Waals surface area contributed by atoms with Gasteiger partial charge in [0.05, 0.1) is 17.1 Å². The fourth-order valence-electron chi connectivity index (χ4n) is 5.27. The van der Waals surface area contributed by atoms with Crippen LogP contribution in [-0.2, 0) is 17.7 Å². The Kier molecular flexibility index (Phi) is 7.69. The van der Waals surface area contributed by atoms with Crippen molar-refractivity contribution in [3.63, 3.8) is 0 Å². The van der Waals surface area contributed by atoms with Crippen molar-refractivity contribution >= 4 is 22.6 Å². The lowest BCUT2D eigenvalue weighted by Gasteiger charge is -2.32. The summed E-state index contributed by atoms with van der Waals surface area (Å²) in [5.74, 6) is 0.333. The van der Waals surface area contributed by atoms with Gasteiger partial charge in [0.15, 0.2) is 0 Å². The molecule has 1 aromatic carbocycles. The van der Waals surface area contributed by atoms with Crippen LogP contribution in [0.4, 0.5) is 0 Å². The molecule has 1 aliphatic rings. The largest absolute Gasteiger partial charge is 0.379 e.